The van der Waals surface area contributed by atoms with Crippen molar-refractivity contribution in [2.24, 2.45) is 0 Å². The average molecular weight is 390 g/mol. The molecule has 0 saturated carbocycles. The van der Waals surface area contributed by atoms with Crippen molar-refractivity contribution in [1.82, 2.24) is 15.2 Å². The van der Waals surface area contributed by atoms with Crippen LogP contribution in [0.5, 0.6) is 5.75 Å². The van der Waals surface area contributed by atoms with Gasteiger partial charge in [-0.25, -0.2) is 4.98 Å². The first-order valence-corrected chi connectivity index (χ1v) is 9.72. The standard InChI is InChI=1S/C22H22N4O3/c23-15-16-5-3-6-17(13-16)28-12-4-10-26-11-9-24-22(27)19(26)14-21-25-18-7-1-2-8-20(18)29-21/h1-3,5-8,13,19H,4,9-12,14H2,(H,24,27). The number of piperazine rings is 1. The molecule has 1 aromatic heterocycles. The van der Waals surface area contributed by atoms with E-state index in [9.17, 15) is 4.79 Å². The molecule has 2 aromatic carbocycles. The summed E-state index contributed by atoms with van der Waals surface area (Å²) < 4.78 is 11.6. The molecule has 1 aliphatic rings. The van der Waals surface area contributed by atoms with Gasteiger partial charge in [0.25, 0.3) is 0 Å². The molecule has 1 atom stereocenters. The normalized spacial score (nSPS) is 17.1. The maximum absolute atomic E-state index is 12.5. The van der Waals surface area contributed by atoms with E-state index < -0.39 is 0 Å². The molecule has 7 heteroatoms. The summed E-state index contributed by atoms with van der Waals surface area (Å²) in [4.78, 5) is 19.1. The monoisotopic (exact) mass is 390 g/mol. The van der Waals surface area contributed by atoms with Crippen LogP contribution in [0.2, 0.25) is 0 Å². The van der Waals surface area contributed by atoms with Crippen molar-refractivity contribution in [3.8, 4) is 11.8 Å². The Balaban J connectivity index is 1.35. The number of hydrogen-bond donors (Lipinski definition) is 1. The molecule has 1 amide bonds. The third-order valence-corrected chi connectivity index (χ3v) is 4.97. The molecule has 3 aromatic rings. The van der Waals surface area contributed by atoms with Crippen molar-refractivity contribution in [2.45, 2.75) is 18.9 Å². The lowest BCUT2D eigenvalue weighted by Crippen LogP contribution is -2.56. The van der Waals surface area contributed by atoms with Gasteiger partial charge >= 0.3 is 0 Å². The van der Waals surface area contributed by atoms with Gasteiger partial charge in [-0.3, -0.25) is 9.69 Å². The number of ether oxygens (including phenoxy) is 1. The van der Waals surface area contributed by atoms with E-state index in [-0.39, 0.29) is 11.9 Å². The second-order valence-corrected chi connectivity index (χ2v) is 6.96. The molecule has 148 valence electrons. The number of nitrogens with one attached hydrogen (secondary N) is 1. The van der Waals surface area contributed by atoms with E-state index in [4.69, 9.17) is 14.4 Å². The van der Waals surface area contributed by atoms with Gasteiger partial charge in [0.05, 0.1) is 24.3 Å². The fourth-order valence-corrected chi connectivity index (χ4v) is 3.54. The summed E-state index contributed by atoms with van der Waals surface area (Å²) >= 11 is 0. The van der Waals surface area contributed by atoms with Gasteiger partial charge in [-0.1, -0.05) is 18.2 Å². The Labute approximate surface area is 168 Å². The average Bonchev–Trinajstić information content (AvgIpc) is 3.16. The summed E-state index contributed by atoms with van der Waals surface area (Å²) in [6.07, 6.45) is 1.21. The van der Waals surface area contributed by atoms with Gasteiger partial charge in [0.15, 0.2) is 11.5 Å². The number of aromatic nitrogens is 1. The van der Waals surface area contributed by atoms with Crippen LogP contribution in [0.25, 0.3) is 11.1 Å². The van der Waals surface area contributed by atoms with Crippen LogP contribution in [-0.4, -0.2) is 48.1 Å². The molecule has 0 aliphatic carbocycles. The van der Waals surface area contributed by atoms with Gasteiger partial charge < -0.3 is 14.5 Å². The molecule has 2 heterocycles. The Morgan fingerprint density at radius 1 is 1.28 bits per heavy atom. The number of carbonyl (C=O) groups is 1. The fourth-order valence-electron chi connectivity index (χ4n) is 3.54. The van der Waals surface area contributed by atoms with E-state index in [1.54, 1.807) is 18.2 Å². The number of hydrogen-bond acceptors (Lipinski definition) is 6. The van der Waals surface area contributed by atoms with Gasteiger partial charge in [0, 0.05) is 26.1 Å². The second kappa shape index (κ2) is 8.76. The third-order valence-electron chi connectivity index (χ3n) is 4.97. The first-order valence-electron chi connectivity index (χ1n) is 9.72. The van der Waals surface area contributed by atoms with E-state index in [1.165, 1.54) is 0 Å². The largest absolute Gasteiger partial charge is 0.494 e. The highest BCUT2D eigenvalue weighted by molar-refractivity contribution is 5.82. The molecule has 1 saturated heterocycles. The molecule has 1 N–H and O–H groups in total. The Kier molecular flexibility index (Phi) is 5.73. The first-order chi connectivity index (χ1) is 14.2. The Bertz CT molecular complexity index is 1010. The van der Waals surface area contributed by atoms with Crippen molar-refractivity contribution < 1.29 is 13.9 Å². The maximum atomic E-state index is 12.5. The summed E-state index contributed by atoms with van der Waals surface area (Å²) in [6, 6.07) is 16.5. The van der Waals surface area contributed by atoms with Crippen LogP contribution >= 0.6 is 0 Å². The van der Waals surface area contributed by atoms with Crippen LogP contribution in [0.15, 0.2) is 52.9 Å². The van der Waals surface area contributed by atoms with E-state index in [1.807, 2.05) is 30.3 Å². The lowest BCUT2D eigenvalue weighted by Gasteiger charge is -2.34. The third kappa shape index (κ3) is 4.55. The SMILES string of the molecule is N#Cc1cccc(OCCCN2CCNC(=O)C2Cc2nc3ccccc3o2)c1. The number of rotatable bonds is 7. The van der Waals surface area contributed by atoms with Crippen LogP contribution in [0, 0.1) is 11.3 Å². The van der Waals surface area contributed by atoms with Crippen molar-refractivity contribution in [3.05, 3.63) is 60.0 Å². The molecule has 1 aliphatic heterocycles. The van der Waals surface area contributed by atoms with Crippen molar-refractivity contribution in [2.75, 3.05) is 26.2 Å². The van der Waals surface area contributed by atoms with E-state index in [2.05, 4.69) is 21.3 Å². The molecule has 29 heavy (non-hydrogen) atoms. The zero-order valence-electron chi connectivity index (χ0n) is 16.0. The van der Waals surface area contributed by atoms with Crippen molar-refractivity contribution in [3.63, 3.8) is 0 Å². The van der Waals surface area contributed by atoms with E-state index in [0.717, 1.165) is 30.6 Å². The van der Waals surface area contributed by atoms with Gasteiger partial charge in [-0.05, 0) is 36.8 Å². The fraction of sp³-hybridized carbons (Fsp3) is 0.318. The van der Waals surface area contributed by atoms with Gasteiger partial charge in [-0.15, -0.1) is 0 Å². The van der Waals surface area contributed by atoms with E-state index >= 15 is 0 Å². The van der Waals surface area contributed by atoms with E-state index in [0.29, 0.717) is 36.8 Å². The van der Waals surface area contributed by atoms with Gasteiger partial charge in [0.1, 0.15) is 11.3 Å². The molecule has 7 nitrogen and oxygen atoms in total. The van der Waals surface area contributed by atoms with Crippen LogP contribution in [-0.2, 0) is 11.2 Å². The number of amides is 1. The lowest BCUT2D eigenvalue weighted by atomic mass is 10.1. The minimum Gasteiger partial charge on any atom is -0.494 e. The maximum Gasteiger partial charge on any atom is 0.237 e. The molecule has 0 bridgehead atoms. The van der Waals surface area contributed by atoms with Crippen LogP contribution in [0.3, 0.4) is 0 Å². The number of carbonyl (C=O) groups excluding carboxylic acids is 1. The zero-order chi connectivity index (χ0) is 20.1. The molecular weight excluding hydrogens is 368 g/mol. The van der Waals surface area contributed by atoms with Crippen LogP contribution in [0.4, 0.5) is 0 Å². The molecule has 1 unspecified atom stereocenters. The summed E-state index contributed by atoms with van der Waals surface area (Å²) in [5, 5.41) is 11.9. The minimum absolute atomic E-state index is 0.00106. The molecule has 4 rings (SSSR count). The number of benzene rings is 2. The number of oxazole rings is 1. The summed E-state index contributed by atoms with van der Waals surface area (Å²) in [5.74, 6) is 1.26. The lowest BCUT2D eigenvalue weighted by molar-refractivity contribution is -0.129. The topological polar surface area (TPSA) is 91.4 Å². The Morgan fingerprint density at radius 2 is 2.17 bits per heavy atom. The molecular formula is C22H22N4O3. The summed E-state index contributed by atoms with van der Waals surface area (Å²) in [6.45, 7) is 2.66. The predicted octanol–water partition coefficient (Wildman–Crippen LogP) is 2.51. The minimum atomic E-state index is -0.307. The van der Waals surface area contributed by atoms with Crippen molar-refractivity contribution >= 4 is 17.0 Å². The highest BCUT2D eigenvalue weighted by Crippen LogP contribution is 2.19. The summed E-state index contributed by atoms with van der Waals surface area (Å²) in [7, 11) is 0. The smallest absolute Gasteiger partial charge is 0.237 e. The van der Waals surface area contributed by atoms with Crippen LogP contribution < -0.4 is 10.1 Å². The molecule has 0 radical (unpaired) electrons. The van der Waals surface area contributed by atoms with Crippen molar-refractivity contribution in [1.29, 1.82) is 5.26 Å². The highest BCUT2D eigenvalue weighted by atomic mass is 16.5. The second-order valence-electron chi connectivity index (χ2n) is 6.96. The first kappa shape index (κ1) is 19.0. The highest BCUT2D eigenvalue weighted by Gasteiger charge is 2.31. The summed E-state index contributed by atoms with van der Waals surface area (Å²) in [5.41, 5.74) is 2.12. The quantitative estimate of drug-likeness (QED) is 0.624. The predicted molar refractivity (Wildman–Crippen MR) is 107 cm³/mol. The number of nitriles is 1. The van der Waals surface area contributed by atoms with Gasteiger partial charge in [0.2, 0.25) is 5.91 Å². The Hall–Kier alpha value is -3.37. The number of fused-ring (bicyclic) bond motifs is 1. The Morgan fingerprint density at radius 3 is 3.03 bits per heavy atom. The zero-order valence-corrected chi connectivity index (χ0v) is 16.0. The number of nitrogens with zero attached hydrogens (tertiary/aromatic N) is 3. The molecule has 0 spiro atoms. The molecule has 1 fully saturated rings. The number of para-hydroxylation sites is 2. The van der Waals surface area contributed by atoms with Gasteiger partial charge in [-0.2, -0.15) is 5.26 Å². The van der Waals surface area contributed by atoms with Crippen LogP contribution in [0.1, 0.15) is 17.9 Å².